The summed E-state index contributed by atoms with van der Waals surface area (Å²) in [5, 5.41) is 23.7. The van der Waals surface area contributed by atoms with Crippen LogP contribution in [0.15, 0.2) is 36.5 Å². The third-order valence-corrected chi connectivity index (χ3v) is 2.57. The molecule has 7 heteroatoms. The summed E-state index contributed by atoms with van der Waals surface area (Å²) in [6, 6.07) is 9.80. The summed E-state index contributed by atoms with van der Waals surface area (Å²) in [5.74, 6) is 0.798. The zero-order valence-corrected chi connectivity index (χ0v) is 10.1. The van der Waals surface area contributed by atoms with Crippen molar-refractivity contribution in [3.8, 4) is 11.3 Å². The maximum absolute atomic E-state index is 8.74. The molecule has 2 heterocycles. The van der Waals surface area contributed by atoms with Crippen LogP contribution in [0, 0.1) is 0 Å². The van der Waals surface area contributed by atoms with Crippen LogP contribution in [0.3, 0.4) is 0 Å². The second-order valence-corrected chi connectivity index (χ2v) is 3.91. The molecule has 0 unspecified atom stereocenters. The highest BCUT2D eigenvalue weighted by molar-refractivity contribution is 5.60. The summed E-state index contributed by atoms with van der Waals surface area (Å²) >= 11 is 0. The number of aliphatic hydroxyl groups excluding tert-OH is 1. The second-order valence-electron chi connectivity index (χ2n) is 3.91. The Balaban J connectivity index is 1.97. The van der Waals surface area contributed by atoms with Gasteiger partial charge in [0.25, 0.3) is 11.7 Å². The number of aliphatic hydroxyl groups is 1. The van der Waals surface area contributed by atoms with Gasteiger partial charge < -0.3 is 10.4 Å². The molecule has 2 aromatic heterocycles. The Kier molecular flexibility index (Phi) is 3.03. The molecule has 3 aromatic rings. The van der Waals surface area contributed by atoms with E-state index in [2.05, 4.69) is 25.6 Å². The minimum absolute atomic E-state index is 0.0145. The Hall–Kier alpha value is -2.54. The molecule has 0 aliphatic rings. The van der Waals surface area contributed by atoms with Gasteiger partial charge in [-0.2, -0.15) is 4.52 Å². The van der Waals surface area contributed by atoms with Crippen molar-refractivity contribution in [3.63, 3.8) is 0 Å². The normalized spacial score (nSPS) is 10.8. The highest BCUT2D eigenvalue weighted by Crippen LogP contribution is 2.17. The second kappa shape index (κ2) is 4.99. The number of nitrogens with one attached hydrogen (secondary N) is 1. The van der Waals surface area contributed by atoms with Crippen molar-refractivity contribution in [1.82, 2.24) is 24.8 Å². The number of hydrogen-bond donors (Lipinski definition) is 2. The number of fused-ring (bicyclic) bond motifs is 1. The maximum atomic E-state index is 8.74. The topological polar surface area (TPSA) is 88.2 Å². The van der Waals surface area contributed by atoms with Gasteiger partial charge in [-0.1, -0.05) is 30.3 Å². The van der Waals surface area contributed by atoms with E-state index in [4.69, 9.17) is 5.11 Å². The quantitative estimate of drug-likeness (QED) is 0.710. The number of anilines is 1. The molecule has 19 heavy (non-hydrogen) atoms. The molecule has 0 aliphatic heterocycles. The van der Waals surface area contributed by atoms with Crippen molar-refractivity contribution in [1.29, 1.82) is 0 Å². The van der Waals surface area contributed by atoms with E-state index in [1.54, 1.807) is 10.7 Å². The fourth-order valence-corrected chi connectivity index (χ4v) is 1.70. The molecule has 0 atom stereocenters. The van der Waals surface area contributed by atoms with Gasteiger partial charge >= 0.3 is 0 Å². The molecular weight excluding hydrogens is 244 g/mol. The molecule has 0 saturated heterocycles. The fourth-order valence-electron chi connectivity index (χ4n) is 1.70. The predicted molar refractivity (Wildman–Crippen MR) is 69.6 cm³/mol. The van der Waals surface area contributed by atoms with E-state index in [9.17, 15) is 0 Å². The van der Waals surface area contributed by atoms with Gasteiger partial charge in [0, 0.05) is 12.1 Å². The van der Waals surface area contributed by atoms with Crippen molar-refractivity contribution >= 4 is 11.7 Å². The largest absolute Gasteiger partial charge is 0.395 e. The van der Waals surface area contributed by atoms with Crippen molar-refractivity contribution in [2.75, 3.05) is 18.5 Å². The smallest absolute Gasteiger partial charge is 0.270 e. The molecular formula is C12H12N6O. The average molecular weight is 256 g/mol. The Labute approximate surface area is 108 Å². The van der Waals surface area contributed by atoms with Gasteiger partial charge in [-0.3, -0.25) is 0 Å². The molecule has 2 N–H and O–H groups in total. The van der Waals surface area contributed by atoms with Crippen LogP contribution in [0.1, 0.15) is 0 Å². The lowest BCUT2D eigenvalue weighted by Gasteiger charge is -1.99. The Bertz CT molecular complexity index is 681. The standard InChI is InChI=1S/C12H12N6O/c19-7-6-13-11-15-16-12-14-10(8-18(12)17-11)9-4-2-1-3-5-9/h1-5,8,19H,6-7H2,(H,13,17). The first-order valence-corrected chi connectivity index (χ1v) is 5.87. The fraction of sp³-hybridized carbons (Fsp3) is 0.167. The van der Waals surface area contributed by atoms with Crippen LogP contribution in [0.2, 0.25) is 0 Å². The monoisotopic (exact) mass is 256 g/mol. The Morgan fingerprint density at radius 1 is 1.16 bits per heavy atom. The lowest BCUT2D eigenvalue weighted by atomic mass is 10.2. The zero-order chi connectivity index (χ0) is 13.1. The molecule has 1 aromatic carbocycles. The molecule has 0 aliphatic carbocycles. The molecule has 96 valence electrons. The number of rotatable bonds is 4. The highest BCUT2D eigenvalue weighted by atomic mass is 16.3. The van der Waals surface area contributed by atoms with Gasteiger partial charge in [0.05, 0.1) is 18.5 Å². The van der Waals surface area contributed by atoms with Gasteiger partial charge in [0.15, 0.2) is 0 Å². The van der Waals surface area contributed by atoms with Crippen LogP contribution in [-0.4, -0.2) is 43.1 Å². The summed E-state index contributed by atoms with van der Waals surface area (Å²) in [7, 11) is 0. The lowest BCUT2D eigenvalue weighted by Crippen LogP contribution is -2.11. The summed E-state index contributed by atoms with van der Waals surface area (Å²) in [4.78, 5) is 4.35. The number of nitrogens with zero attached hydrogens (tertiary/aromatic N) is 5. The van der Waals surface area contributed by atoms with Crippen molar-refractivity contribution in [3.05, 3.63) is 36.5 Å². The third-order valence-electron chi connectivity index (χ3n) is 2.57. The van der Waals surface area contributed by atoms with Crippen LogP contribution >= 0.6 is 0 Å². The first kappa shape index (κ1) is 11.5. The first-order chi connectivity index (χ1) is 9.36. The van der Waals surface area contributed by atoms with E-state index < -0.39 is 0 Å². The molecule has 0 bridgehead atoms. The highest BCUT2D eigenvalue weighted by Gasteiger charge is 2.07. The molecule has 0 spiro atoms. The summed E-state index contributed by atoms with van der Waals surface area (Å²) < 4.78 is 1.56. The van der Waals surface area contributed by atoms with Crippen LogP contribution < -0.4 is 5.32 Å². The Morgan fingerprint density at radius 2 is 2.00 bits per heavy atom. The minimum atomic E-state index is 0.0145. The van der Waals surface area contributed by atoms with Crippen LogP contribution in [-0.2, 0) is 0 Å². The van der Waals surface area contributed by atoms with E-state index in [0.29, 0.717) is 18.3 Å². The molecule has 7 nitrogen and oxygen atoms in total. The number of hydrogen-bond acceptors (Lipinski definition) is 6. The summed E-state index contributed by atoms with van der Waals surface area (Å²) in [5.41, 5.74) is 1.79. The third kappa shape index (κ3) is 2.36. The predicted octanol–water partition coefficient (Wildman–Crippen LogP) is 0.590. The van der Waals surface area contributed by atoms with Gasteiger partial charge in [-0.25, -0.2) is 4.98 Å². The average Bonchev–Trinajstić information content (AvgIpc) is 2.89. The van der Waals surface area contributed by atoms with Gasteiger partial charge in [0.2, 0.25) is 0 Å². The van der Waals surface area contributed by atoms with E-state index in [1.165, 1.54) is 0 Å². The van der Waals surface area contributed by atoms with Gasteiger partial charge in [0.1, 0.15) is 0 Å². The SMILES string of the molecule is OCCNc1nnc2nc(-c3ccccc3)cn2n1. The number of imidazole rings is 1. The summed E-state index contributed by atoms with van der Waals surface area (Å²) in [6.07, 6.45) is 1.80. The van der Waals surface area contributed by atoms with E-state index in [0.717, 1.165) is 11.3 Å². The van der Waals surface area contributed by atoms with E-state index >= 15 is 0 Å². The molecule has 0 radical (unpaired) electrons. The van der Waals surface area contributed by atoms with Gasteiger partial charge in [-0.15, -0.1) is 15.3 Å². The van der Waals surface area contributed by atoms with Crippen LogP contribution in [0.5, 0.6) is 0 Å². The van der Waals surface area contributed by atoms with Crippen LogP contribution in [0.25, 0.3) is 17.0 Å². The zero-order valence-electron chi connectivity index (χ0n) is 10.1. The van der Waals surface area contributed by atoms with Gasteiger partial charge in [-0.05, 0) is 0 Å². The molecule has 0 fully saturated rings. The Morgan fingerprint density at radius 3 is 2.79 bits per heavy atom. The molecule has 0 amide bonds. The van der Waals surface area contributed by atoms with Crippen molar-refractivity contribution in [2.45, 2.75) is 0 Å². The van der Waals surface area contributed by atoms with Crippen molar-refractivity contribution in [2.24, 2.45) is 0 Å². The molecule has 0 saturated carbocycles. The minimum Gasteiger partial charge on any atom is -0.395 e. The first-order valence-electron chi connectivity index (χ1n) is 5.87. The van der Waals surface area contributed by atoms with Crippen LogP contribution in [0.4, 0.5) is 5.95 Å². The number of aromatic nitrogens is 5. The molecule has 3 rings (SSSR count). The lowest BCUT2D eigenvalue weighted by molar-refractivity contribution is 0.310. The van der Waals surface area contributed by atoms with Crippen molar-refractivity contribution < 1.29 is 5.11 Å². The number of benzene rings is 1. The van der Waals surface area contributed by atoms with E-state index in [-0.39, 0.29) is 6.61 Å². The van der Waals surface area contributed by atoms with E-state index in [1.807, 2.05) is 30.3 Å². The maximum Gasteiger partial charge on any atom is 0.270 e. The summed E-state index contributed by atoms with van der Waals surface area (Å²) in [6.45, 7) is 0.397.